The molecule has 32 heavy (non-hydrogen) atoms. The van der Waals surface area contributed by atoms with E-state index in [4.69, 9.17) is 16.3 Å². The molecule has 0 aliphatic rings. The number of benzene rings is 2. The van der Waals surface area contributed by atoms with Gasteiger partial charge in [0.2, 0.25) is 11.8 Å². The molecule has 0 aromatic heterocycles. The van der Waals surface area contributed by atoms with E-state index in [2.05, 4.69) is 32.1 Å². The normalized spacial score (nSPS) is 10.9. The second-order valence-corrected chi connectivity index (χ2v) is 9.56. The van der Waals surface area contributed by atoms with Crippen LogP contribution in [0.25, 0.3) is 0 Å². The SMILES string of the molecule is Cc1c(Cl)cccc1NC(=O)CCC(=O)NNC(=O)COc1ccc(Br)cc1C(C)(C)C. The van der Waals surface area contributed by atoms with Gasteiger partial charge in [0, 0.05) is 33.6 Å². The van der Waals surface area contributed by atoms with E-state index in [1.807, 2.05) is 32.9 Å². The van der Waals surface area contributed by atoms with Gasteiger partial charge in [-0.3, -0.25) is 25.2 Å². The molecular weight excluding hydrogens is 498 g/mol. The summed E-state index contributed by atoms with van der Waals surface area (Å²) in [6, 6.07) is 10.8. The fourth-order valence-corrected chi connectivity index (χ4v) is 3.31. The minimum absolute atomic E-state index is 0.0437. The summed E-state index contributed by atoms with van der Waals surface area (Å²) in [5, 5.41) is 3.26. The van der Waals surface area contributed by atoms with Crippen molar-refractivity contribution >= 4 is 50.9 Å². The largest absolute Gasteiger partial charge is 0.483 e. The third kappa shape index (κ3) is 7.84. The molecule has 0 heterocycles. The highest BCUT2D eigenvalue weighted by molar-refractivity contribution is 9.10. The maximum Gasteiger partial charge on any atom is 0.276 e. The Labute approximate surface area is 201 Å². The average Bonchev–Trinajstić information content (AvgIpc) is 2.72. The van der Waals surface area contributed by atoms with Crippen molar-refractivity contribution in [3.05, 3.63) is 57.0 Å². The topological polar surface area (TPSA) is 96.5 Å². The first-order chi connectivity index (χ1) is 15.0. The first-order valence-corrected chi connectivity index (χ1v) is 11.2. The molecule has 3 N–H and O–H groups in total. The predicted molar refractivity (Wildman–Crippen MR) is 129 cm³/mol. The Kier molecular flexibility index (Phi) is 9.09. The molecular formula is C23H27BrClN3O4. The van der Waals surface area contributed by atoms with Crippen LogP contribution < -0.4 is 20.9 Å². The first kappa shape index (κ1) is 25.7. The average molecular weight is 525 g/mol. The van der Waals surface area contributed by atoms with Gasteiger partial charge in [0.05, 0.1) is 0 Å². The number of hydrogen-bond acceptors (Lipinski definition) is 4. The molecule has 2 rings (SSSR count). The summed E-state index contributed by atoms with van der Waals surface area (Å²) < 4.78 is 6.56. The van der Waals surface area contributed by atoms with Crippen molar-refractivity contribution in [2.24, 2.45) is 0 Å². The van der Waals surface area contributed by atoms with Crippen LogP contribution in [0, 0.1) is 6.92 Å². The number of carbonyl (C=O) groups is 3. The van der Waals surface area contributed by atoms with Crippen molar-refractivity contribution in [2.75, 3.05) is 11.9 Å². The molecule has 0 saturated carbocycles. The van der Waals surface area contributed by atoms with Gasteiger partial charge in [0.1, 0.15) is 5.75 Å². The summed E-state index contributed by atoms with van der Waals surface area (Å²) in [6.07, 6.45) is -0.133. The van der Waals surface area contributed by atoms with Crippen LogP contribution >= 0.6 is 27.5 Å². The monoisotopic (exact) mass is 523 g/mol. The maximum absolute atomic E-state index is 12.1. The Balaban J connectivity index is 1.76. The van der Waals surface area contributed by atoms with E-state index in [9.17, 15) is 14.4 Å². The maximum atomic E-state index is 12.1. The van der Waals surface area contributed by atoms with Crippen molar-refractivity contribution in [1.82, 2.24) is 10.9 Å². The Morgan fingerprint density at radius 3 is 2.34 bits per heavy atom. The number of hydrogen-bond donors (Lipinski definition) is 3. The molecule has 0 atom stereocenters. The third-order valence-electron chi connectivity index (χ3n) is 4.57. The molecule has 0 radical (unpaired) electrons. The van der Waals surface area contributed by atoms with E-state index in [1.165, 1.54) is 0 Å². The number of rotatable bonds is 7. The molecule has 172 valence electrons. The first-order valence-electron chi connectivity index (χ1n) is 10.0. The van der Waals surface area contributed by atoms with E-state index < -0.39 is 11.8 Å². The highest BCUT2D eigenvalue weighted by atomic mass is 79.9. The van der Waals surface area contributed by atoms with Gasteiger partial charge >= 0.3 is 0 Å². The molecule has 9 heteroatoms. The quantitative estimate of drug-likeness (QED) is 0.459. The minimum atomic E-state index is -0.514. The number of nitrogens with one attached hydrogen (secondary N) is 3. The van der Waals surface area contributed by atoms with Gasteiger partial charge in [-0.2, -0.15) is 0 Å². The lowest BCUT2D eigenvalue weighted by atomic mass is 9.86. The number of hydrazine groups is 1. The zero-order valence-corrected chi connectivity index (χ0v) is 20.8. The molecule has 0 aliphatic carbocycles. The minimum Gasteiger partial charge on any atom is -0.483 e. The van der Waals surface area contributed by atoms with Gasteiger partial charge in [0.15, 0.2) is 6.61 Å². The van der Waals surface area contributed by atoms with Crippen LogP contribution in [-0.4, -0.2) is 24.3 Å². The zero-order chi connectivity index (χ0) is 23.9. The van der Waals surface area contributed by atoms with Gasteiger partial charge in [-0.05, 0) is 48.2 Å². The zero-order valence-electron chi connectivity index (χ0n) is 18.5. The van der Waals surface area contributed by atoms with Crippen LogP contribution in [0.4, 0.5) is 5.69 Å². The van der Waals surface area contributed by atoms with Gasteiger partial charge in [-0.1, -0.05) is 54.4 Å². The molecule has 0 unspecified atom stereocenters. The lowest BCUT2D eigenvalue weighted by Gasteiger charge is -2.23. The van der Waals surface area contributed by atoms with Crippen molar-refractivity contribution in [1.29, 1.82) is 0 Å². The lowest BCUT2D eigenvalue weighted by molar-refractivity contribution is -0.130. The van der Waals surface area contributed by atoms with Gasteiger partial charge < -0.3 is 10.1 Å². The van der Waals surface area contributed by atoms with Crippen molar-refractivity contribution in [3.63, 3.8) is 0 Å². The van der Waals surface area contributed by atoms with Crippen LogP contribution in [0.3, 0.4) is 0 Å². The standard InChI is InChI=1S/C23H27BrClN3O4/c1-14-17(25)6-5-7-18(14)26-20(29)10-11-21(30)27-28-22(31)13-32-19-9-8-15(24)12-16(19)23(2,3)4/h5-9,12H,10-11,13H2,1-4H3,(H,26,29)(H,27,30)(H,28,31). The van der Waals surface area contributed by atoms with Gasteiger partial charge in [-0.15, -0.1) is 0 Å². The summed E-state index contributed by atoms with van der Waals surface area (Å²) >= 11 is 9.47. The summed E-state index contributed by atoms with van der Waals surface area (Å²) in [5.41, 5.74) is 6.69. The van der Waals surface area contributed by atoms with Crippen LogP contribution in [-0.2, 0) is 19.8 Å². The highest BCUT2D eigenvalue weighted by Gasteiger charge is 2.20. The van der Waals surface area contributed by atoms with Gasteiger partial charge in [-0.25, -0.2) is 0 Å². The van der Waals surface area contributed by atoms with E-state index in [0.717, 1.165) is 15.6 Å². The molecule has 7 nitrogen and oxygen atoms in total. The molecule has 3 amide bonds. The fraction of sp³-hybridized carbons (Fsp3) is 0.348. The Bertz CT molecular complexity index is 1010. The Hall–Kier alpha value is -2.58. The molecule has 0 saturated heterocycles. The van der Waals surface area contributed by atoms with E-state index in [1.54, 1.807) is 31.2 Å². The molecule has 0 spiro atoms. The number of carbonyl (C=O) groups excluding carboxylic acids is 3. The Morgan fingerprint density at radius 2 is 1.66 bits per heavy atom. The number of ether oxygens (including phenoxy) is 1. The van der Waals surface area contributed by atoms with Gasteiger partial charge in [0.25, 0.3) is 5.91 Å². The Morgan fingerprint density at radius 1 is 1.00 bits per heavy atom. The van der Waals surface area contributed by atoms with Crippen LogP contribution in [0.5, 0.6) is 5.75 Å². The third-order valence-corrected chi connectivity index (χ3v) is 5.47. The lowest BCUT2D eigenvalue weighted by Crippen LogP contribution is -2.44. The van der Waals surface area contributed by atoms with Crippen LogP contribution in [0.2, 0.25) is 5.02 Å². The second kappa shape index (κ2) is 11.3. The molecule has 2 aromatic carbocycles. The van der Waals surface area contributed by atoms with Crippen molar-refractivity contribution in [2.45, 2.75) is 46.0 Å². The molecule has 0 aliphatic heterocycles. The van der Waals surface area contributed by atoms with E-state index >= 15 is 0 Å². The van der Waals surface area contributed by atoms with Crippen LogP contribution in [0.1, 0.15) is 44.7 Å². The van der Waals surface area contributed by atoms with E-state index in [0.29, 0.717) is 16.5 Å². The molecule has 2 aromatic rings. The van der Waals surface area contributed by atoms with E-state index in [-0.39, 0.29) is 30.8 Å². The van der Waals surface area contributed by atoms with Crippen molar-refractivity contribution in [3.8, 4) is 5.75 Å². The van der Waals surface area contributed by atoms with Crippen molar-refractivity contribution < 1.29 is 19.1 Å². The second-order valence-electron chi connectivity index (χ2n) is 8.24. The number of amides is 3. The molecule has 0 fully saturated rings. The predicted octanol–water partition coefficient (Wildman–Crippen LogP) is 4.65. The summed E-state index contributed by atoms with van der Waals surface area (Å²) in [5.74, 6) is -0.740. The summed E-state index contributed by atoms with van der Waals surface area (Å²) in [7, 11) is 0. The number of halogens is 2. The highest BCUT2D eigenvalue weighted by Crippen LogP contribution is 2.33. The fourth-order valence-electron chi connectivity index (χ4n) is 2.78. The molecule has 0 bridgehead atoms. The van der Waals surface area contributed by atoms with Crippen LogP contribution in [0.15, 0.2) is 40.9 Å². The smallest absolute Gasteiger partial charge is 0.276 e. The number of anilines is 1. The summed E-state index contributed by atoms with van der Waals surface area (Å²) in [4.78, 5) is 36.1. The summed E-state index contributed by atoms with van der Waals surface area (Å²) in [6.45, 7) is 7.67.